The van der Waals surface area contributed by atoms with Gasteiger partial charge in [-0.3, -0.25) is 4.79 Å². The van der Waals surface area contributed by atoms with Gasteiger partial charge in [0.25, 0.3) is 5.91 Å². The van der Waals surface area contributed by atoms with Gasteiger partial charge in [0, 0.05) is 12.7 Å². The highest BCUT2D eigenvalue weighted by atomic mass is 19.4. The molecule has 0 saturated heterocycles. The Labute approximate surface area is 146 Å². The summed E-state index contributed by atoms with van der Waals surface area (Å²) in [5.74, 6) is -0.423. The van der Waals surface area contributed by atoms with E-state index >= 15 is 0 Å². The average Bonchev–Trinajstić information content (AvgIpc) is 3.27. The zero-order valence-corrected chi connectivity index (χ0v) is 13.7. The first kappa shape index (κ1) is 17.7. The topological polar surface area (TPSA) is 73.0 Å². The van der Waals surface area contributed by atoms with Crippen molar-refractivity contribution in [3.8, 4) is 11.5 Å². The Morgan fingerprint density at radius 3 is 2.73 bits per heavy atom. The van der Waals surface area contributed by atoms with Crippen LogP contribution in [-0.2, 0) is 19.3 Å². The molecule has 26 heavy (non-hydrogen) atoms. The van der Waals surface area contributed by atoms with Crippen LogP contribution in [0, 0.1) is 0 Å². The zero-order valence-electron chi connectivity index (χ0n) is 13.7. The van der Waals surface area contributed by atoms with Crippen LogP contribution in [0.1, 0.15) is 28.7 Å². The van der Waals surface area contributed by atoms with Gasteiger partial charge in [0.2, 0.25) is 11.7 Å². The van der Waals surface area contributed by atoms with E-state index in [1.165, 1.54) is 12.1 Å². The van der Waals surface area contributed by atoms with Crippen LogP contribution in [0.25, 0.3) is 11.5 Å². The second-order valence-corrected chi connectivity index (χ2v) is 5.42. The molecule has 0 aliphatic rings. The van der Waals surface area contributed by atoms with Gasteiger partial charge in [-0.1, -0.05) is 17.3 Å². The van der Waals surface area contributed by atoms with Crippen molar-refractivity contribution in [2.75, 3.05) is 0 Å². The molecule has 0 aliphatic heterocycles. The zero-order chi connectivity index (χ0) is 18.7. The Bertz CT molecular complexity index is 915. The summed E-state index contributed by atoms with van der Waals surface area (Å²) >= 11 is 0. The predicted molar refractivity (Wildman–Crippen MR) is 86.0 cm³/mol. The number of aromatic nitrogens is 3. The van der Waals surface area contributed by atoms with E-state index < -0.39 is 23.2 Å². The largest absolute Gasteiger partial charge is 0.417 e. The SMILES string of the molecule is CCn1cccc1-c1noc(CNC(=O)c2ccccc2C(F)(F)F)n1. The molecule has 1 amide bonds. The molecular weight excluding hydrogens is 349 g/mol. The normalized spacial score (nSPS) is 11.5. The number of carbonyl (C=O) groups is 1. The fraction of sp³-hybridized carbons (Fsp3) is 0.235. The molecule has 0 saturated carbocycles. The van der Waals surface area contributed by atoms with Crippen LogP contribution in [0.4, 0.5) is 13.2 Å². The molecule has 136 valence electrons. The maximum absolute atomic E-state index is 13.0. The Morgan fingerprint density at radius 2 is 2.00 bits per heavy atom. The van der Waals surface area contributed by atoms with Gasteiger partial charge in [-0.25, -0.2) is 0 Å². The van der Waals surface area contributed by atoms with Gasteiger partial charge in [0.05, 0.1) is 23.4 Å². The van der Waals surface area contributed by atoms with Gasteiger partial charge in [-0.15, -0.1) is 0 Å². The number of alkyl halides is 3. The molecule has 1 N–H and O–H groups in total. The number of rotatable bonds is 5. The van der Waals surface area contributed by atoms with Crippen LogP contribution in [0.5, 0.6) is 0 Å². The Morgan fingerprint density at radius 1 is 1.23 bits per heavy atom. The van der Waals surface area contributed by atoms with E-state index in [0.717, 1.165) is 24.4 Å². The molecule has 0 spiro atoms. The fourth-order valence-corrected chi connectivity index (χ4v) is 2.50. The van der Waals surface area contributed by atoms with E-state index in [1.807, 2.05) is 29.8 Å². The molecule has 0 atom stereocenters. The van der Waals surface area contributed by atoms with Crippen LogP contribution in [0.15, 0.2) is 47.1 Å². The van der Waals surface area contributed by atoms with Gasteiger partial charge in [0.1, 0.15) is 0 Å². The summed E-state index contributed by atoms with van der Waals surface area (Å²) in [7, 11) is 0. The summed E-state index contributed by atoms with van der Waals surface area (Å²) in [4.78, 5) is 16.3. The first-order chi connectivity index (χ1) is 12.4. The second kappa shape index (κ2) is 7.03. The maximum Gasteiger partial charge on any atom is 0.417 e. The standard InChI is InChI=1S/C17H15F3N4O2/c1-2-24-9-5-8-13(24)15-22-14(26-23-15)10-21-16(25)11-6-3-4-7-12(11)17(18,19)20/h3-9H,2,10H2,1H3,(H,21,25). The number of hydrogen-bond acceptors (Lipinski definition) is 4. The molecule has 0 unspecified atom stereocenters. The van der Waals surface area contributed by atoms with Crippen molar-refractivity contribution >= 4 is 5.91 Å². The minimum absolute atomic E-state index is 0.0988. The molecule has 0 aliphatic carbocycles. The summed E-state index contributed by atoms with van der Waals surface area (Å²) in [6, 6.07) is 8.23. The summed E-state index contributed by atoms with van der Waals surface area (Å²) in [6.07, 6.45) is -2.75. The van der Waals surface area contributed by atoms with E-state index in [9.17, 15) is 18.0 Å². The van der Waals surface area contributed by atoms with Gasteiger partial charge in [0.15, 0.2) is 0 Å². The van der Waals surface area contributed by atoms with Gasteiger partial charge in [-0.05, 0) is 31.2 Å². The molecule has 2 aromatic heterocycles. The first-order valence-corrected chi connectivity index (χ1v) is 7.82. The Kier molecular flexibility index (Phi) is 4.79. The number of aryl methyl sites for hydroxylation is 1. The highest BCUT2D eigenvalue weighted by Gasteiger charge is 2.34. The second-order valence-electron chi connectivity index (χ2n) is 5.42. The first-order valence-electron chi connectivity index (χ1n) is 7.82. The smallest absolute Gasteiger partial charge is 0.345 e. The van der Waals surface area contributed by atoms with Crippen LogP contribution in [0.2, 0.25) is 0 Å². The monoisotopic (exact) mass is 364 g/mol. The highest BCUT2D eigenvalue weighted by Crippen LogP contribution is 2.31. The summed E-state index contributed by atoms with van der Waals surface area (Å²) < 4.78 is 45.9. The third kappa shape index (κ3) is 3.61. The molecule has 0 radical (unpaired) electrons. The lowest BCUT2D eigenvalue weighted by Gasteiger charge is -2.11. The molecule has 0 bridgehead atoms. The van der Waals surface area contributed by atoms with Crippen molar-refractivity contribution in [2.24, 2.45) is 0 Å². The van der Waals surface area contributed by atoms with E-state index in [1.54, 1.807) is 0 Å². The van der Waals surface area contributed by atoms with Crippen molar-refractivity contribution in [1.29, 1.82) is 0 Å². The lowest BCUT2D eigenvalue weighted by atomic mass is 10.1. The van der Waals surface area contributed by atoms with Crippen molar-refractivity contribution in [3.63, 3.8) is 0 Å². The molecule has 6 nitrogen and oxygen atoms in total. The van der Waals surface area contributed by atoms with Gasteiger partial charge in [-0.2, -0.15) is 18.2 Å². The summed E-state index contributed by atoms with van der Waals surface area (Å²) in [6.45, 7) is 2.50. The minimum Gasteiger partial charge on any atom is -0.345 e. The molecule has 9 heteroatoms. The van der Waals surface area contributed by atoms with Crippen LogP contribution < -0.4 is 5.32 Å². The quantitative estimate of drug-likeness (QED) is 0.752. The molecule has 0 fully saturated rings. The number of nitrogens with zero attached hydrogens (tertiary/aromatic N) is 3. The summed E-state index contributed by atoms with van der Waals surface area (Å²) in [5, 5.41) is 6.21. The van der Waals surface area contributed by atoms with Crippen LogP contribution in [-0.4, -0.2) is 20.6 Å². The predicted octanol–water partition coefficient (Wildman–Crippen LogP) is 3.51. The average molecular weight is 364 g/mol. The third-order valence-corrected chi connectivity index (χ3v) is 3.74. The number of amides is 1. The van der Waals surface area contributed by atoms with Crippen LogP contribution in [0.3, 0.4) is 0 Å². The number of benzene rings is 1. The molecular formula is C17H15F3N4O2. The highest BCUT2D eigenvalue weighted by molar-refractivity contribution is 5.95. The summed E-state index contributed by atoms with van der Waals surface area (Å²) in [5.41, 5.74) is -0.708. The van der Waals surface area contributed by atoms with Crippen LogP contribution >= 0.6 is 0 Å². The van der Waals surface area contributed by atoms with E-state index in [2.05, 4.69) is 15.5 Å². The van der Waals surface area contributed by atoms with Gasteiger partial charge < -0.3 is 14.4 Å². The van der Waals surface area contributed by atoms with E-state index in [4.69, 9.17) is 4.52 Å². The number of carbonyl (C=O) groups excluding carboxylic acids is 1. The third-order valence-electron chi connectivity index (χ3n) is 3.74. The number of hydrogen-bond donors (Lipinski definition) is 1. The lowest BCUT2D eigenvalue weighted by molar-refractivity contribution is -0.137. The Balaban J connectivity index is 1.72. The molecule has 1 aromatic carbocycles. The lowest BCUT2D eigenvalue weighted by Crippen LogP contribution is -2.26. The number of nitrogens with one attached hydrogen (secondary N) is 1. The minimum atomic E-state index is -4.61. The number of halogens is 3. The maximum atomic E-state index is 13.0. The van der Waals surface area contributed by atoms with Gasteiger partial charge >= 0.3 is 6.18 Å². The van der Waals surface area contributed by atoms with Crippen molar-refractivity contribution in [2.45, 2.75) is 26.2 Å². The van der Waals surface area contributed by atoms with Crippen molar-refractivity contribution in [3.05, 3.63) is 59.6 Å². The molecule has 3 aromatic rings. The fourth-order valence-electron chi connectivity index (χ4n) is 2.50. The van der Waals surface area contributed by atoms with E-state index in [0.29, 0.717) is 5.82 Å². The van der Waals surface area contributed by atoms with Crippen molar-refractivity contribution < 1.29 is 22.5 Å². The molecule has 3 rings (SSSR count). The van der Waals surface area contributed by atoms with E-state index in [-0.39, 0.29) is 12.4 Å². The van der Waals surface area contributed by atoms with Crippen molar-refractivity contribution in [1.82, 2.24) is 20.0 Å². The Hall–Kier alpha value is -3.10. The molecule has 2 heterocycles.